The monoisotopic (exact) mass is 151 g/mol. The Balaban J connectivity index is 2.42. The van der Waals surface area contributed by atoms with E-state index in [4.69, 9.17) is 0 Å². The van der Waals surface area contributed by atoms with Crippen LogP contribution in [0.2, 0.25) is 0 Å². The first-order valence-corrected chi connectivity index (χ1v) is 3.66. The van der Waals surface area contributed by atoms with Gasteiger partial charge in [0.2, 0.25) is 0 Å². The Hall–Kier alpha value is -1.09. The Morgan fingerprint density at radius 2 is 2.64 bits per heavy atom. The Kier molecular flexibility index (Phi) is 2.86. The second-order valence-corrected chi connectivity index (χ2v) is 2.38. The second-order valence-electron chi connectivity index (χ2n) is 2.38. The van der Waals surface area contributed by atoms with E-state index in [1.807, 2.05) is 16.8 Å². The molecule has 0 aliphatic rings. The first kappa shape index (κ1) is 8.01. The maximum Gasteiger partial charge on any atom is 0.0959 e. The van der Waals surface area contributed by atoms with Crippen LogP contribution in [0.15, 0.2) is 31.4 Å². The van der Waals surface area contributed by atoms with Crippen molar-refractivity contribution >= 4 is 0 Å². The molecule has 1 N–H and O–H groups in total. The molecule has 3 nitrogen and oxygen atoms in total. The highest BCUT2D eigenvalue weighted by atomic mass is 15.2. The third kappa shape index (κ3) is 2.20. The lowest BCUT2D eigenvalue weighted by molar-refractivity contribution is 0.459. The predicted octanol–water partition coefficient (Wildman–Crippen LogP) is 1.18. The van der Waals surface area contributed by atoms with Gasteiger partial charge in [-0.25, -0.2) is 4.98 Å². The largest absolute Gasteiger partial charge is 0.322 e. The van der Waals surface area contributed by atoms with Crippen LogP contribution in [-0.4, -0.2) is 16.1 Å². The van der Waals surface area contributed by atoms with Gasteiger partial charge in [-0.2, -0.15) is 0 Å². The van der Waals surface area contributed by atoms with E-state index >= 15 is 0 Å². The molecule has 0 bridgehead atoms. The summed E-state index contributed by atoms with van der Waals surface area (Å²) in [4.78, 5) is 3.95. The number of hydrogen-bond donors (Lipinski definition) is 1. The molecular weight excluding hydrogens is 138 g/mol. The summed E-state index contributed by atoms with van der Waals surface area (Å²) in [5.74, 6) is 0. The average molecular weight is 151 g/mol. The van der Waals surface area contributed by atoms with Gasteiger partial charge >= 0.3 is 0 Å². The zero-order valence-electron chi connectivity index (χ0n) is 6.70. The fourth-order valence-corrected chi connectivity index (χ4v) is 0.858. The maximum absolute atomic E-state index is 3.95. The maximum atomic E-state index is 3.95. The van der Waals surface area contributed by atoms with Crippen LogP contribution in [0.4, 0.5) is 0 Å². The molecule has 1 aromatic heterocycles. The van der Waals surface area contributed by atoms with E-state index < -0.39 is 0 Å². The Labute approximate surface area is 66.8 Å². The smallest absolute Gasteiger partial charge is 0.0959 e. The van der Waals surface area contributed by atoms with Gasteiger partial charge in [-0.1, -0.05) is 6.08 Å². The zero-order chi connectivity index (χ0) is 8.10. The van der Waals surface area contributed by atoms with Crippen molar-refractivity contribution in [2.75, 3.05) is 6.54 Å². The molecule has 60 valence electrons. The molecule has 0 aromatic carbocycles. The summed E-state index contributed by atoms with van der Waals surface area (Å²) in [5.41, 5.74) is 0. The average Bonchev–Trinajstić information content (AvgIpc) is 2.52. The van der Waals surface area contributed by atoms with Gasteiger partial charge in [-0.15, -0.1) is 6.58 Å². The van der Waals surface area contributed by atoms with Gasteiger partial charge in [0.1, 0.15) is 0 Å². The lowest BCUT2D eigenvalue weighted by atomic mass is 10.5. The summed E-state index contributed by atoms with van der Waals surface area (Å²) in [6.07, 6.45) is 7.62. The van der Waals surface area contributed by atoms with Gasteiger partial charge in [-0.3, -0.25) is 5.32 Å². The molecule has 0 radical (unpaired) electrons. The Bertz CT molecular complexity index is 203. The van der Waals surface area contributed by atoms with Crippen molar-refractivity contribution in [1.29, 1.82) is 0 Å². The number of rotatable bonds is 4. The normalized spacial score (nSPS) is 12.8. The third-order valence-electron chi connectivity index (χ3n) is 1.53. The minimum Gasteiger partial charge on any atom is -0.322 e. The molecule has 1 unspecified atom stereocenters. The molecule has 1 atom stereocenters. The van der Waals surface area contributed by atoms with Crippen LogP contribution in [0.5, 0.6) is 0 Å². The van der Waals surface area contributed by atoms with E-state index in [-0.39, 0.29) is 6.17 Å². The highest BCUT2D eigenvalue weighted by Crippen LogP contribution is 1.98. The van der Waals surface area contributed by atoms with E-state index in [0.29, 0.717) is 0 Å². The van der Waals surface area contributed by atoms with Crippen LogP contribution in [0, 0.1) is 0 Å². The van der Waals surface area contributed by atoms with Crippen LogP contribution in [0.25, 0.3) is 0 Å². The minimum absolute atomic E-state index is 0.287. The molecule has 1 aromatic rings. The summed E-state index contributed by atoms with van der Waals surface area (Å²) in [7, 11) is 0. The molecule has 0 aliphatic carbocycles. The lowest BCUT2D eigenvalue weighted by Crippen LogP contribution is -2.22. The molecule has 1 heterocycles. The molecule has 1 rings (SSSR count). The van der Waals surface area contributed by atoms with Crippen LogP contribution >= 0.6 is 0 Å². The number of nitrogens with one attached hydrogen (secondary N) is 1. The fraction of sp³-hybridized carbons (Fsp3) is 0.375. The summed E-state index contributed by atoms with van der Waals surface area (Å²) in [6.45, 7) is 6.52. The molecule has 0 saturated carbocycles. The standard InChI is InChI=1S/C8H13N3/c1-3-4-10-8(2)11-6-5-9-7-11/h3,5-8,10H,1,4H2,2H3. The second kappa shape index (κ2) is 3.93. The van der Waals surface area contributed by atoms with Gasteiger partial charge < -0.3 is 4.57 Å². The van der Waals surface area contributed by atoms with E-state index in [9.17, 15) is 0 Å². The summed E-state index contributed by atoms with van der Waals surface area (Å²) in [5, 5.41) is 3.24. The topological polar surface area (TPSA) is 29.9 Å². The van der Waals surface area contributed by atoms with Crippen molar-refractivity contribution in [2.24, 2.45) is 0 Å². The van der Waals surface area contributed by atoms with Crippen molar-refractivity contribution in [3.8, 4) is 0 Å². The van der Waals surface area contributed by atoms with E-state index in [2.05, 4.69) is 23.8 Å². The Morgan fingerprint density at radius 3 is 3.18 bits per heavy atom. The van der Waals surface area contributed by atoms with Crippen molar-refractivity contribution < 1.29 is 0 Å². The van der Waals surface area contributed by atoms with Crippen molar-refractivity contribution in [2.45, 2.75) is 13.1 Å². The first-order valence-electron chi connectivity index (χ1n) is 3.66. The molecule has 0 aliphatic heterocycles. The Morgan fingerprint density at radius 1 is 1.82 bits per heavy atom. The van der Waals surface area contributed by atoms with E-state index in [1.54, 1.807) is 12.5 Å². The summed E-state index contributed by atoms with van der Waals surface area (Å²) in [6, 6.07) is 0. The molecule has 3 heteroatoms. The number of nitrogens with zero attached hydrogens (tertiary/aromatic N) is 2. The van der Waals surface area contributed by atoms with E-state index in [0.717, 1.165) is 6.54 Å². The quantitative estimate of drug-likeness (QED) is 0.655. The molecule has 0 spiro atoms. The molecule has 0 amide bonds. The highest BCUT2D eigenvalue weighted by molar-refractivity contribution is 4.79. The number of aromatic nitrogens is 2. The van der Waals surface area contributed by atoms with Crippen molar-refractivity contribution in [3.63, 3.8) is 0 Å². The van der Waals surface area contributed by atoms with Crippen LogP contribution in [0.3, 0.4) is 0 Å². The van der Waals surface area contributed by atoms with Crippen molar-refractivity contribution in [1.82, 2.24) is 14.9 Å². The fourth-order valence-electron chi connectivity index (χ4n) is 0.858. The van der Waals surface area contributed by atoms with Gasteiger partial charge in [0, 0.05) is 18.9 Å². The van der Waals surface area contributed by atoms with E-state index in [1.165, 1.54) is 0 Å². The molecule has 0 saturated heterocycles. The number of hydrogen-bond acceptors (Lipinski definition) is 2. The lowest BCUT2D eigenvalue weighted by Gasteiger charge is -2.12. The zero-order valence-corrected chi connectivity index (χ0v) is 6.70. The van der Waals surface area contributed by atoms with Gasteiger partial charge in [0.25, 0.3) is 0 Å². The van der Waals surface area contributed by atoms with Gasteiger partial charge in [0.15, 0.2) is 0 Å². The van der Waals surface area contributed by atoms with Crippen LogP contribution in [0.1, 0.15) is 13.1 Å². The third-order valence-corrected chi connectivity index (χ3v) is 1.53. The van der Waals surface area contributed by atoms with Gasteiger partial charge in [-0.05, 0) is 6.92 Å². The van der Waals surface area contributed by atoms with Crippen LogP contribution < -0.4 is 5.32 Å². The van der Waals surface area contributed by atoms with Crippen molar-refractivity contribution in [3.05, 3.63) is 31.4 Å². The summed E-state index contributed by atoms with van der Waals surface area (Å²) < 4.78 is 2.00. The SMILES string of the molecule is C=CCNC(C)n1ccnc1. The molecular formula is C8H13N3. The predicted molar refractivity (Wildman–Crippen MR) is 45.1 cm³/mol. The summed E-state index contributed by atoms with van der Waals surface area (Å²) >= 11 is 0. The molecule has 11 heavy (non-hydrogen) atoms. The minimum atomic E-state index is 0.287. The number of imidazole rings is 1. The molecule has 0 fully saturated rings. The first-order chi connectivity index (χ1) is 5.34. The van der Waals surface area contributed by atoms with Crippen LogP contribution in [-0.2, 0) is 0 Å². The highest BCUT2D eigenvalue weighted by Gasteiger charge is 1.98. The van der Waals surface area contributed by atoms with Gasteiger partial charge in [0.05, 0.1) is 12.5 Å².